The first-order valence-corrected chi connectivity index (χ1v) is 11.9. The molecule has 3 nitrogen and oxygen atoms in total. The van der Waals surface area contributed by atoms with Gasteiger partial charge in [-0.1, -0.05) is 114 Å². The molecule has 0 fully saturated rings. The second-order valence-electron chi connectivity index (χ2n) is 8.01. The van der Waals surface area contributed by atoms with E-state index in [9.17, 15) is 4.79 Å². The topological polar surface area (TPSA) is 33.2 Å². The quantitative estimate of drug-likeness (QED) is 0.267. The van der Waals surface area contributed by atoms with E-state index in [0.717, 1.165) is 32.0 Å². The van der Waals surface area contributed by atoms with Crippen LogP contribution < -0.4 is 4.90 Å². The van der Waals surface area contributed by atoms with Gasteiger partial charge in [-0.25, -0.2) is 4.98 Å². The average molecular weight is 449 g/mol. The fourth-order valence-electron chi connectivity index (χ4n) is 4.09. The Labute approximate surface area is 198 Å². The zero-order chi connectivity index (χ0) is 22.5. The highest BCUT2D eigenvalue weighted by molar-refractivity contribution is 7.22. The van der Waals surface area contributed by atoms with Crippen LogP contribution in [0.1, 0.15) is 29.0 Å². The third kappa shape index (κ3) is 4.86. The summed E-state index contributed by atoms with van der Waals surface area (Å²) in [6.07, 6.45) is 0.372. The van der Waals surface area contributed by atoms with E-state index in [4.69, 9.17) is 4.98 Å². The van der Waals surface area contributed by atoms with Crippen molar-refractivity contribution >= 4 is 32.6 Å². The van der Waals surface area contributed by atoms with Gasteiger partial charge in [0.1, 0.15) is 0 Å². The van der Waals surface area contributed by atoms with Crippen LogP contribution in [0.5, 0.6) is 0 Å². The van der Waals surface area contributed by atoms with E-state index in [1.54, 1.807) is 11.3 Å². The van der Waals surface area contributed by atoms with Crippen LogP contribution in [0.2, 0.25) is 0 Å². The van der Waals surface area contributed by atoms with Gasteiger partial charge in [0.2, 0.25) is 5.91 Å². The summed E-state index contributed by atoms with van der Waals surface area (Å²) in [5, 5.41) is 0.741. The van der Waals surface area contributed by atoms with Crippen LogP contribution in [0.25, 0.3) is 10.2 Å². The molecule has 0 saturated heterocycles. The maximum atomic E-state index is 13.9. The van der Waals surface area contributed by atoms with Crippen molar-refractivity contribution in [1.29, 1.82) is 0 Å². The summed E-state index contributed by atoms with van der Waals surface area (Å²) in [5.74, 6) is 0.0446. The van der Waals surface area contributed by atoms with Gasteiger partial charge < -0.3 is 0 Å². The van der Waals surface area contributed by atoms with E-state index >= 15 is 0 Å². The zero-order valence-corrected chi connectivity index (χ0v) is 19.0. The van der Waals surface area contributed by atoms with E-state index < -0.39 is 0 Å². The largest absolute Gasteiger partial charge is 0.284 e. The minimum Gasteiger partial charge on any atom is -0.284 e. The number of fused-ring (bicyclic) bond motifs is 1. The molecule has 0 unspecified atom stereocenters. The molecule has 0 bridgehead atoms. The molecule has 0 spiro atoms. The lowest BCUT2D eigenvalue weighted by atomic mass is 9.88. The molecule has 0 atom stereocenters. The monoisotopic (exact) mass is 448 g/mol. The number of thiazole rings is 1. The Morgan fingerprint density at radius 1 is 0.727 bits per heavy atom. The van der Waals surface area contributed by atoms with Gasteiger partial charge in [-0.05, 0) is 28.8 Å². The van der Waals surface area contributed by atoms with Crippen molar-refractivity contribution in [3.63, 3.8) is 0 Å². The van der Waals surface area contributed by atoms with Crippen molar-refractivity contribution in [2.45, 2.75) is 18.9 Å². The molecule has 1 aromatic heterocycles. The summed E-state index contributed by atoms with van der Waals surface area (Å²) in [4.78, 5) is 20.5. The minimum absolute atomic E-state index is 0.0208. The molecule has 162 valence electrons. The molecule has 0 saturated carbocycles. The van der Waals surface area contributed by atoms with Gasteiger partial charge in [-0.2, -0.15) is 0 Å². The van der Waals surface area contributed by atoms with Crippen molar-refractivity contribution in [2.24, 2.45) is 0 Å². The molecule has 5 aromatic rings. The average Bonchev–Trinajstić information content (AvgIpc) is 3.31. The molecule has 0 aliphatic rings. The molecule has 4 aromatic carbocycles. The Bertz CT molecular complexity index is 1260. The molecule has 5 rings (SSSR count). The number of para-hydroxylation sites is 1. The lowest BCUT2D eigenvalue weighted by Gasteiger charge is -2.24. The van der Waals surface area contributed by atoms with Gasteiger partial charge in [-0.15, -0.1) is 0 Å². The van der Waals surface area contributed by atoms with E-state index in [0.29, 0.717) is 13.0 Å². The number of carbonyl (C=O) groups excluding carboxylic acids is 1. The van der Waals surface area contributed by atoms with Crippen LogP contribution in [-0.4, -0.2) is 10.9 Å². The Kier molecular flexibility index (Phi) is 6.27. The maximum Gasteiger partial charge on any atom is 0.230 e. The Hall–Kier alpha value is -3.76. The Balaban J connectivity index is 1.51. The standard InChI is InChI=1S/C29H24N2OS/c32-28(20-25(23-14-6-2-7-15-23)24-16-8-3-9-17-24)31(21-22-12-4-1-5-13-22)29-30-26-18-10-11-19-27(26)33-29/h1-19,25H,20-21H2. The lowest BCUT2D eigenvalue weighted by Crippen LogP contribution is -2.31. The highest BCUT2D eigenvalue weighted by Gasteiger charge is 2.25. The first-order chi connectivity index (χ1) is 16.3. The number of benzene rings is 4. The number of aromatic nitrogens is 1. The lowest BCUT2D eigenvalue weighted by molar-refractivity contribution is -0.119. The van der Waals surface area contributed by atoms with Gasteiger partial charge in [0.25, 0.3) is 0 Å². The van der Waals surface area contributed by atoms with Crippen molar-refractivity contribution < 1.29 is 4.79 Å². The van der Waals surface area contributed by atoms with Crippen molar-refractivity contribution in [1.82, 2.24) is 4.98 Å². The van der Waals surface area contributed by atoms with Crippen LogP contribution in [0.15, 0.2) is 115 Å². The van der Waals surface area contributed by atoms with E-state index in [2.05, 4.69) is 42.5 Å². The molecular formula is C29H24N2OS. The van der Waals surface area contributed by atoms with Crippen LogP contribution in [0, 0.1) is 0 Å². The normalized spacial score (nSPS) is 11.1. The van der Waals surface area contributed by atoms with Crippen LogP contribution in [0.3, 0.4) is 0 Å². The van der Waals surface area contributed by atoms with Crippen LogP contribution >= 0.6 is 11.3 Å². The highest BCUT2D eigenvalue weighted by atomic mass is 32.1. The van der Waals surface area contributed by atoms with Crippen LogP contribution in [-0.2, 0) is 11.3 Å². The zero-order valence-electron chi connectivity index (χ0n) is 18.2. The predicted octanol–water partition coefficient (Wildman–Crippen LogP) is 7.05. The third-order valence-corrected chi connectivity index (χ3v) is 6.84. The van der Waals surface area contributed by atoms with Gasteiger partial charge in [0.15, 0.2) is 5.13 Å². The van der Waals surface area contributed by atoms with Gasteiger partial charge >= 0.3 is 0 Å². The Morgan fingerprint density at radius 3 is 1.88 bits per heavy atom. The Morgan fingerprint density at radius 2 is 1.27 bits per heavy atom. The molecule has 0 aliphatic heterocycles. The predicted molar refractivity (Wildman–Crippen MR) is 137 cm³/mol. The molecular weight excluding hydrogens is 424 g/mol. The first-order valence-electron chi connectivity index (χ1n) is 11.1. The number of hydrogen-bond donors (Lipinski definition) is 0. The SMILES string of the molecule is O=C(CC(c1ccccc1)c1ccccc1)N(Cc1ccccc1)c1nc2ccccc2s1. The third-order valence-electron chi connectivity index (χ3n) is 5.78. The van der Waals surface area contributed by atoms with E-state index in [1.165, 1.54) is 0 Å². The molecule has 33 heavy (non-hydrogen) atoms. The smallest absolute Gasteiger partial charge is 0.230 e. The maximum absolute atomic E-state index is 13.9. The van der Waals surface area contributed by atoms with E-state index in [1.807, 2.05) is 77.7 Å². The van der Waals surface area contributed by atoms with Crippen LogP contribution in [0.4, 0.5) is 5.13 Å². The van der Waals surface area contributed by atoms with Crippen molar-refractivity contribution in [3.05, 3.63) is 132 Å². The summed E-state index contributed by atoms with van der Waals surface area (Å²) in [6, 6.07) is 38.7. The number of anilines is 1. The minimum atomic E-state index is -0.0208. The molecule has 0 radical (unpaired) electrons. The van der Waals surface area contributed by atoms with Gasteiger partial charge in [-0.3, -0.25) is 9.69 Å². The summed E-state index contributed by atoms with van der Waals surface area (Å²) in [5.41, 5.74) is 4.29. The molecule has 0 aliphatic carbocycles. The first kappa shape index (κ1) is 21.1. The summed E-state index contributed by atoms with van der Waals surface area (Å²) in [6.45, 7) is 0.496. The highest BCUT2D eigenvalue weighted by Crippen LogP contribution is 2.33. The van der Waals surface area contributed by atoms with Crippen molar-refractivity contribution in [2.75, 3.05) is 4.90 Å². The van der Waals surface area contributed by atoms with Gasteiger partial charge in [0.05, 0.1) is 16.8 Å². The summed E-state index contributed by atoms with van der Waals surface area (Å²) in [7, 11) is 0. The molecule has 1 heterocycles. The summed E-state index contributed by atoms with van der Waals surface area (Å²) >= 11 is 1.57. The molecule has 1 amide bonds. The molecule has 4 heteroatoms. The number of amides is 1. The second-order valence-corrected chi connectivity index (χ2v) is 9.02. The van der Waals surface area contributed by atoms with Gasteiger partial charge in [0, 0.05) is 12.3 Å². The number of hydrogen-bond acceptors (Lipinski definition) is 3. The van der Waals surface area contributed by atoms with Crippen molar-refractivity contribution in [3.8, 4) is 0 Å². The fourth-order valence-corrected chi connectivity index (χ4v) is 5.07. The fraction of sp³-hybridized carbons (Fsp3) is 0.103. The second kappa shape index (κ2) is 9.80. The number of carbonyl (C=O) groups is 1. The number of rotatable bonds is 7. The summed E-state index contributed by atoms with van der Waals surface area (Å²) < 4.78 is 1.08. The number of nitrogens with zero attached hydrogens (tertiary/aromatic N) is 2. The van der Waals surface area contributed by atoms with E-state index in [-0.39, 0.29) is 11.8 Å². The molecule has 0 N–H and O–H groups in total.